The molecule has 3 N–H and O–H groups in total. The number of imidazole rings is 1. The smallest absolute Gasteiger partial charge is 0.235 e. The van der Waals surface area contributed by atoms with Crippen molar-refractivity contribution in [3.05, 3.63) is 48.8 Å². The predicted molar refractivity (Wildman–Crippen MR) is 85.3 cm³/mol. The minimum Gasteiger partial charge on any atom is -0.370 e. The fourth-order valence-electron chi connectivity index (χ4n) is 2.32. The number of nitrogens with one attached hydrogen (secondary N) is 1. The molecule has 6 heteroatoms. The van der Waals surface area contributed by atoms with Crippen molar-refractivity contribution in [2.24, 2.45) is 5.73 Å². The van der Waals surface area contributed by atoms with Crippen molar-refractivity contribution in [2.75, 3.05) is 11.9 Å². The Bertz CT molecular complexity index is 782. The van der Waals surface area contributed by atoms with E-state index in [1.165, 1.54) is 0 Å². The van der Waals surface area contributed by atoms with Crippen molar-refractivity contribution >= 4 is 17.5 Å². The first kappa shape index (κ1) is 14.1. The molecule has 0 aliphatic carbocycles. The SMILES string of the molecule is NC(=O)CCCNc1c(-c2ccccc2)nc2ncccn12. The Morgan fingerprint density at radius 1 is 1.23 bits per heavy atom. The normalized spacial score (nSPS) is 10.7. The first-order chi connectivity index (χ1) is 10.8. The molecule has 0 unspecified atom stereocenters. The zero-order valence-electron chi connectivity index (χ0n) is 12.1. The summed E-state index contributed by atoms with van der Waals surface area (Å²) in [6, 6.07) is 11.8. The molecule has 0 atom stereocenters. The average Bonchev–Trinajstić information content (AvgIpc) is 2.91. The van der Waals surface area contributed by atoms with Crippen LogP contribution in [0, 0.1) is 0 Å². The van der Waals surface area contributed by atoms with Gasteiger partial charge in [-0.05, 0) is 12.5 Å². The topological polar surface area (TPSA) is 85.3 Å². The van der Waals surface area contributed by atoms with Gasteiger partial charge < -0.3 is 11.1 Å². The van der Waals surface area contributed by atoms with E-state index in [9.17, 15) is 4.79 Å². The second-order valence-electron chi connectivity index (χ2n) is 4.96. The van der Waals surface area contributed by atoms with Crippen molar-refractivity contribution in [2.45, 2.75) is 12.8 Å². The minimum atomic E-state index is -0.287. The first-order valence-electron chi connectivity index (χ1n) is 7.16. The number of fused-ring (bicyclic) bond motifs is 1. The Morgan fingerprint density at radius 2 is 2.05 bits per heavy atom. The summed E-state index contributed by atoms with van der Waals surface area (Å²) < 4.78 is 1.91. The molecular formula is C16H17N5O. The lowest BCUT2D eigenvalue weighted by Gasteiger charge is -2.08. The zero-order valence-corrected chi connectivity index (χ0v) is 12.1. The van der Waals surface area contributed by atoms with Crippen LogP contribution in [0.3, 0.4) is 0 Å². The Morgan fingerprint density at radius 3 is 2.82 bits per heavy atom. The van der Waals surface area contributed by atoms with Crippen LogP contribution in [0.5, 0.6) is 0 Å². The van der Waals surface area contributed by atoms with E-state index in [1.54, 1.807) is 6.20 Å². The molecule has 22 heavy (non-hydrogen) atoms. The fraction of sp³-hybridized carbons (Fsp3) is 0.188. The quantitative estimate of drug-likeness (QED) is 0.682. The maximum atomic E-state index is 10.8. The Hall–Kier alpha value is -2.89. The number of aromatic nitrogens is 3. The van der Waals surface area contributed by atoms with Crippen molar-refractivity contribution in [1.82, 2.24) is 14.4 Å². The predicted octanol–water partition coefficient (Wildman–Crippen LogP) is 2.07. The monoisotopic (exact) mass is 295 g/mol. The molecular weight excluding hydrogens is 278 g/mol. The van der Waals surface area contributed by atoms with Crippen LogP contribution in [0.15, 0.2) is 48.8 Å². The molecule has 0 saturated carbocycles. The summed E-state index contributed by atoms with van der Waals surface area (Å²) in [5.41, 5.74) is 7.03. The van der Waals surface area contributed by atoms with Gasteiger partial charge >= 0.3 is 0 Å². The number of carbonyl (C=O) groups excluding carboxylic acids is 1. The van der Waals surface area contributed by atoms with Gasteiger partial charge in [-0.2, -0.15) is 0 Å². The zero-order chi connectivity index (χ0) is 15.4. The molecule has 6 nitrogen and oxygen atoms in total. The third-order valence-corrected chi connectivity index (χ3v) is 3.34. The van der Waals surface area contributed by atoms with Crippen molar-refractivity contribution < 1.29 is 4.79 Å². The number of nitrogens with two attached hydrogens (primary N) is 1. The van der Waals surface area contributed by atoms with Crippen LogP contribution in [0.4, 0.5) is 5.82 Å². The van der Waals surface area contributed by atoms with E-state index in [0.717, 1.165) is 17.1 Å². The number of benzene rings is 1. The van der Waals surface area contributed by atoms with Crippen LogP contribution in [0.1, 0.15) is 12.8 Å². The van der Waals surface area contributed by atoms with E-state index in [-0.39, 0.29) is 5.91 Å². The number of hydrogen-bond acceptors (Lipinski definition) is 4. The molecule has 1 amide bonds. The summed E-state index contributed by atoms with van der Waals surface area (Å²) in [6.45, 7) is 0.644. The highest BCUT2D eigenvalue weighted by Crippen LogP contribution is 2.27. The summed E-state index contributed by atoms with van der Waals surface area (Å²) in [5.74, 6) is 1.22. The van der Waals surface area contributed by atoms with Crippen LogP contribution in [0.25, 0.3) is 17.0 Å². The van der Waals surface area contributed by atoms with Crippen LogP contribution in [-0.2, 0) is 4.79 Å². The summed E-state index contributed by atoms with van der Waals surface area (Å²) in [7, 11) is 0. The van der Waals surface area contributed by atoms with E-state index in [2.05, 4.69) is 15.3 Å². The number of amides is 1. The summed E-state index contributed by atoms with van der Waals surface area (Å²) in [5, 5.41) is 3.34. The van der Waals surface area contributed by atoms with Gasteiger partial charge in [0.05, 0.1) is 0 Å². The van der Waals surface area contributed by atoms with Gasteiger partial charge in [-0.15, -0.1) is 0 Å². The number of primary amides is 1. The van der Waals surface area contributed by atoms with Gasteiger partial charge in [-0.1, -0.05) is 30.3 Å². The maximum Gasteiger partial charge on any atom is 0.235 e. The molecule has 0 fully saturated rings. The highest BCUT2D eigenvalue weighted by molar-refractivity contribution is 5.76. The van der Waals surface area contributed by atoms with Crippen molar-refractivity contribution in [3.63, 3.8) is 0 Å². The highest BCUT2D eigenvalue weighted by Gasteiger charge is 2.13. The lowest BCUT2D eigenvalue weighted by atomic mass is 10.1. The van der Waals surface area contributed by atoms with Gasteiger partial charge in [-0.3, -0.25) is 9.20 Å². The highest BCUT2D eigenvalue weighted by atomic mass is 16.1. The Balaban J connectivity index is 1.93. The molecule has 0 spiro atoms. The summed E-state index contributed by atoms with van der Waals surface area (Å²) in [6.07, 6.45) is 4.67. The van der Waals surface area contributed by atoms with Gasteiger partial charge in [0, 0.05) is 30.9 Å². The van der Waals surface area contributed by atoms with Crippen LogP contribution in [0.2, 0.25) is 0 Å². The largest absolute Gasteiger partial charge is 0.370 e. The van der Waals surface area contributed by atoms with Crippen LogP contribution >= 0.6 is 0 Å². The van der Waals surface area contributed by atoms with Crippen molar-refractivity contribution in [1.29, 1.82) is 0 Å². The number of anilines is 1. The molecule has 2 aromatic heterocycles. The molecule has 0 aliphatic heterocycles. The molecule has 0 bridgehead atoms. The molecule has 3 rings (SSSR count). The maximum absolute atomic E-state index is 10.8. The third-order valence-electron chi connectivity index (χ3n) is 3.34. The van der Waals surface area contributed by atoms with Gasteiger partial charge in [0.25, 0.3) is 0 Å². The summed E-state index contributed by atoms with van der Waals surface area (Å²) >= 11 is 0. The molecule has 2 heterocycles. The van der Waals surface area contributed by atoms with E-state index < -0.39 is 0 Å². The van der Waals surface area contributed by atoms with Gasteiger partial charge in [0.1, 0.15) is 11.5 Å². The first-order valence-corrected chi connectivity index (χ1v) is 7.16. The fourth-order valence-corrected chi connectivity index (χ4v) is 2.32. The number of hydrogen-bond donors (Lipinski definition) is 2. The molecule has 0 radical (unpaired) electrons. The van der Waals surface area contributed by atoms with E-state index >= 15 is 0 Å². The lowest BCUT2D eigenvalue weighted by molar-refractivity contribution is -0.118. The van der Waals surface area contributed by atoms with Crippen LogP contribution in [-0.4, -0.2) is 26.8 Å². The molecule has 0 saturated heterocycles. The summed E-state index contributed by atoms with van der Waals surface area (Å²) in [4.78, 5) is 19.7. The standard InChI is InChI=1S/C16H17N5O/c17-13(22)8-4-9-18-15-14(12-6-2-1-3-7-12)20-16-19-10-5-11-21(15)16/h1-3,5-7,10-11,18H,4,8-9H2,(H2,17,22). The van der Waals surface area contributed by atoms with Gasteiger partial charge in [-0.25, -0.2) is 9.97 Å². The minimum absolute atomic E-state index is 0.287. The average molecular weight is 295 g/mol. The molecule has 1 aromatic carbocycles. The molecule has 112 valence electrons. The Kier molecular flexibility index (Phi) is 4.00. The third kappa shape index (κ3) is 2.90. The number of rotatable bonds is 6. The van der Waals surface area contributed by atoms with E-state index in [1.807, 2.05) is 47.0 Å². The van der Waals surface area contributed by atoms with Crippen molar-refractivity contribution in [3.8, 4) is 11.3 Å². The van der Waals surface area contributed by atoms with Gasteiger partial charge in [0.15, 0.2) is 0 Å². The molecule has 0 aliphatic rings. The Labute approximate surface area is 128 Å². The van der Waals surface area contributed by atoms with E-state index in [0.29, 0.717) is 25.2 Å². The van der Waals surface area contributed by atoms with Gasteiger partial charge in [0.2, 0.25) is 11.7 Å². The second-order valence-corrected chi connectivity index (χ2v) is 4.96. The lowest BCUT2D eigenvalue weighted by Crippen LogP contribution is -2.13. The second kappa shape index (κ2) is 6.26. The van der Waals surface area contributed by atoms with E-state index in [4.69, 9.17) is 5.73 Å². The van der Waals surface area contributed by atoms with Crippen LogP contribution < -0.4 is 11.1 Å². The number of carbonyl (C=O) groups is 1. The molecule has 3 aromatic rings. The number of nitrogens with zero attached hydrogens (tertiary/aromatic N) is 3.